The minimum absolute atomic E-state index is 0.257. The van der Waals surface area contributed by atoms with Crippen LogP contribution in [0.5, 0.6) is 5.75 Å². The second-order valence-corrected chi connectivity index (χ2v) is 5.83. The van der Waals surface area contributed by atoms with Crippen LogP contribution in [0.4, 0.5) is 4.79 Å². The quantitative estimate of drug-likeness (QED) is 0.604. The van der Waals surface area contributed by atoms with Crippen LogP contribution in [-0.2, 0) is 14.3 Å². The van der Waals surface area contributed by atoms with E-state index in [1.165, 1.54) is 14.0 Å². The molecule has 4 amide bonds. The SMILES string of the molecule is COc1ccccc1C(=O)N[C@H](C(=O)O[C@@H](C)C(=O)NC(N)=O)C(C)C. The second-order valence-electron chi connectivity index (χ2n) is 5.83. The predicted molar refractivity (Wildman–Crippen MR) is 92.4 cm³/mol. The van der Waals surface area contributed by atoms with Gasteiger partial charge >= 0.3 is 12.0 Å². The molecule has 0 aromatic heterocycles. The van der Waals surface area contributed by atoms with Crippen LogP contribution in [0, 0.1) is 5.92 Å². The first-order chi connectivity index (χ1) is 12.2. The maximum Gasteiger partial charge on any atom is 0.329 e. The summed E-state index contributed by atoms with van der Waals surface area (Å²) in [6, 6.07) is 4.49. The van der Waals surface area contributed by atoms with E-state index in [1.807, 2.05) is 5.32 Å². The maximum atomic E-state index is 12.5. The highest BCUT2D eigenvalue weighted by molar-refractivity contribution is 6.00. The van der Waals surface area contributed by atoms with Gasteiger partial charge < -0.3 is 20.5 Å². The third-order valence-electron chi connectivity index (χ3n) is 3.47. The molecule has 9 heteroatoms. The van der Waals surface area contributed by atoms with Crippen LogP contribution in [0.1, 0.15) is 31.1 Å². The van der Waals surface area contributed by atoms with Gasteiger partial charge in [0.2, 0.25) is 0 Å². The number of methoxy groups -OCH3 is 1. The van der Waals surface area contributed by atoms with Crippen molar-refractivity contribution in [1.82, 2.24) is 10.6 Å². The molecule has 0 fully saturated rings. The maximum absolute atomic E-state index is 12.5. The minimum atomic E-state index is -1.25. The van der Waals surface area contributed by atoms with Crippen molar-refractivity contribution in [2.24, 2.45) is 11.7 Å². The zero-order valence-electron chi connectivity index (χ0n) is 15.1. The number of carbonyl (C=O) groups is 4. The number of carbonyl (C=O) groups excluding carboxylic acids is 4. The monoisotopic (exact) mass is 365 g/mol. The normalized spacial score (nSPS) is 12.7. The first kappa shape index (κ1) is 20.9. The van der Waals surface area contributed by atoms with Crippen LogP contribution in [0.25, 0.3) is 0 Å². The fraction of sp³-hybridized carbons (Fsp3) is 0.412. The molecule has 9 nitrogen and oxygen atoms in total. The molecule has 0 saturated carbocycles. The molecular weight excluding hydrogens is 342 g/mol. The Morgan fingerprint density at radius 3 is 2.23 bits per heavy atom. The summed E-state index contributed by atoms with van der Waals surface area (Å²) < 4.78 is 10.2. The van der Waals surface area contributed by atoms with E-state index in [1.54, 1.807) is 38.1 Å². The molecule has 0 bridgehead atoms. The van der Waals surface area contributed by atoms with Gasteiger partial charge in [0.05, 0.1) is 12.7 Å². The molecule has 0 radical (unpaired) electrons. The number of urea groups is 1. The molecular formula is C17H23N3O6. The van der Waals surface area contributed by atoms with Crippen LogP contribution < -0.4 is 21.1 Å². The van der Waals surface area contributed by atoms with E-state index in [0.29, 0.717) is 5.75 Å². The van der Waals surface area contributed by atoms with Gasteiger partial charge in [0.15, 0.2) is 6.10 Å². The molecule has 4 N–H and O–H groups in total. The fourth-order valence-corrected chi connectivity index (χ4v) is 2.07. The van der Waals surface area contributed by atoms with Crippen molar-refractivity contribution in [2.75, 3.05) is 7.11 Å². The minimum Gasteiger partial charge on any atom is -0.496 e. The molecule has 26 heavy (non-hydrogen) atoms. The number of imide groups is 1. The Bertz CT molecular complexity index is 689. The van der Waals surface area contributed by atoms with E-state index in [9.17, 15) is 19.2 Å². The van der Waals surface area contributed by atoms with Gasteiger partial charge in [0.1, 0.15) is 11.8 Å². The Balaban J connectivity index is 2.85. The largest absolute Gasteiger partial charge is 0.496 e. The number of rotatable bonds is 7. The summed E-state index contributed by atoms with van der Waals surface area (Å²) in [4.78, 5) is 47.1. The Kier molecular flexibility index (Phi) is 7.57. The number of hydrogen-bond donors (Lipinski definition) is 3. The summed E-state index contributed by atoms with van der Waals surface area (Å²) in [5.74, 6) is -2.14. The average molecular weight is 365 g/mol. The van der Waals surface area contributed by atoms with Crippen molar-refractivity contribution in [3.05, 3.63) is 29.8 Å². The average Bonchev–Trinajstić information content (AvgIpc) is 2.58. The Labute approximate surface area is 151 Å². The van der Waals surface area contributed by atoms with Crippen molar-refractivity contribution >= 4 is 23.8 Å². The third-order valence-corrected chi connectivity index (χ3v) is 3.47. The zero-order chi connectivity index (χ0) is 19.9. The fourth-order valence-electron chi connectivity index (χ4n) is 2.07. The highest BCUT2D eigenvalue weighted by Gasteiger charge is 2.30. The van der Waals surface area contributed by atoms with Gasteiger partial charge in [-0.05, 0) is 25.0 Å². The third kappa shape index (κ3) is 5.76. The van der Waals surface area contributed by atoms with Crippen molar-refractivity contribution in [2.45, 2.75) is 32.9 Å². The molecule has 2 atom stereocenters. The standard InChI is InChI=1S/C17H23N3O6/c1-9(2)13(16(23)26-10(3)14(21)20-17(18)24)19-15(22)11-7-5-6-8-12(11)25-4/h5-10,13H,1-4H3,(H,19,22)(H3,18,20,21,24)/t10-,13-/m0/s1. The Morgan fingerprint density at radius 1 is 1.08 bits per heavy atom. The molecule has 0 aliphatic heterocycles. The molecule has 0 unspecified atom stereocenters. The smallest absolute Gasteiger partial charge is 0.329 e. The van der Waals surface area contributed by atoms with Crippen molar-refractivity contribution in [3.8, 4) is 5.75 Å². The summed E-state index contributed by atoms with van der Waals surface area (Å²) in [7, 11) is 1.43. The molecule has 1 aromatic carbocycles. The van der Waals surface area contributed by atoms with Gasteiger partial charge in [-0.1, -0.05) is 26.0 Å². The van der Waals surface area contributed by atoms with Crippen LogP contribution in [0.15, 0.2) is 24.3 Å². The van der Waals surface area contributed by atoms with Crippen LogP contribution >= 0.6 is 0 Å². The second kappa shape index (κ2) is 9.40. The van der Waals surface area contributed by atoms with E-state index in [4.69, 9.17) is 15.2 Å². The number of nitrogens with two attached hydrogens (primary N) is 1. The number of primary amides is 1. The number of hydrogen-bond acceptors (Lipinski definition) is 6. The number of ether oxygens (including phenoxy) is 2. The van der Waals surface area contributed by atoms with Crippen LogP contribution in [0.3, 0.4) is 0 Å². The number of amides is 4. The molecule has 0 aliphatic rings. The van der Waals surface area contributed by atoms with E-state index >= 15 is 0 Å². The summed E-state index contributed by atoms with van der Waals surface area (Å²) >= 11 is 0. The molecule has 1 aromatic rings. The Hall–Kier alpha value is -3.10. The first-order valence-electron chi connectivity index (χ1n) is 7.92. The Morgan fingerprint density at radius 2 is 1.69 bits per heavy atom. The number of nitrogens with one attached hydrogen (secondary N) is 2. The van der Waals surface area contributed by atoms with Crippen LogP contribution in [0.2, 0.25) is 0 Å². The van der Waals surface area contributed by atoms with Crippen molar-refractivity contribution in [3.63, 3.8) is 0 Å². The highest BCUT2D eigenvalue weighted by atomic mass is 16.5. The molecule has 142 valence electrons. The lowest BCUT2D eigenvalue weighted by Gasteiger charge is -2.23. The molecule has 0 heterocycles. The summed E-state index contributed by atoms with van der Waals surface area (Å²) in [5.41, 5.74) is 5.10. The lowest BCUT2D eigenvalue weighted by Crippen LogP contribution is -2.48. The predicted octanol–water partition coefficient (Wildman–Crippen LogP) is 0.576. The molecule has 0 aliphatic carbocycles. The molecule has 1 rings (SSSR count). The van der Waals surface area contributed by atoms with E-state index in [2.05, 4.69) is 5.32 Å². The summed E-state index contributed by atoms with van der Waals surface area (Å²) in [6.45, 7) is 4.71. The van der Waals surface area contributed by atoms with Gasteiger partial charge in [-0.15, -0.1) is 0 Å². The van der Waals surface area contributed by atoms with Crippen molar-refractivity contribution < 1.29 is 28.7 Å². The molecule has 0 saturated heterocycles. The van der Waals surface area contributed by atoms with Crippen molar-refractivity contribution in [1.29, 1.82) is 0 Å². The van der Waals surface area contributed by atoms with Gasteiger partial charge in [0, 0.05) is 0 Å². The lowest BCUT2D eigenvalue weighted by atomic mass is 10.0. The highest BCUT2D eigenvalue weighted by Crippen LogP contribution is 2.18. The summed E-state index contributed by atoms with van der Waals surface area (Å²) in [6.07, 6.45) is -1.25. The number of benzene rings is 1. The number of para-hydroxylation sites is 1. The van der Waals surface area contributed by atoms with E-state index in [-0.39, 0.29) is 11.5 Å². The van der Waals surface area contributed by atoms with Crippen LogP contribution in [-0.4, -0.2) is 43.1 Å². The van der Waals surface area contributed by atoms with Gasteiger partial charge in [-0.3, -0.25) is 14.9 Å². The van der Waals surface area contributed by atoms with Gasteiger partial charge in [-0.25, -0.2) is 9.59 Å². The molecule has 0 spiro atoms. The van der Waals surface area contributed by atoms with E-state index < -0.39 is 36.0 Å². The van der Waals surface area contributed by atoms with E-state index in [0.717, 1.165) is 0 Å². The van der Waals surface area contributed by atoms with Gasteiger partial charge in [0.25, 0.3) is 11.8 Å². The summed E-state index contributed by atoms with van der Waals surface area (Å²) in [5, 5.41) is 4.39. The number of esters is 1. The first-order valence-corrected chi connectivity index (χ1v) is 7.92. The lowest BCUT2D eigenvalue weighted by molar-refractivity contribution is -0.157. The van der Waals surface area contributed by atoms with Gasteiger partial charge in [-0.2, -0.15) is 0 Å². The zero-order valence-corrected chi connectivity index (χ0v) is 15.1. The topological polar surface area (TPSA) is 137 Å².